The van der Waals surface area contributed by atoms with Crippen molar-refractivity contribution >= 4 is 11.8 Å². The van der Waals surface area contributed by atoms with Crippen LogP contribution in [-0.4, -0.2) is 41.6 Å². The van der Waals surface area contributed by atoms with Crippen LogP contribution in [0.3, 0.4) is 0 Å². The van der Waals surface area contributed by atoms with Crippen molar-refractivity contribution in [2.75, 3.05) is 19.7 Å². The summed E-state index contributed by atoms with van der Waals surface area (Å²) >= 11 is 0. The molecule has 0 saturated heterocycles. The van der Waals surface area contributed by atoms with Crippen LogP contribution in [0.25, 0.3) is 0 Å². The first-order valence-electron chi connectivity index (χ1n) is 6.28. The number of hydrogen-bond acceptors (Lipinski definition) is 4. The SMILES string of the molecule is CCCNC(=O)CNC(=O)c1ncccc1C#CCO. The molecule has 0 atom stereocenters. The van der Waals surface area contributed by atoms with E-state index in [0.717, 1.165) is 6.42 Å². The first kappa shape index (κ1) is 15.7. The van der Waals surface area contributed by atoms with Crippen LogP contribution >= 0.6 is 0 Å². The van der Waals surface area contributed by atoms with E-state index >= 15 is 0 Å². The Morgan fingerprint density at radius 3 is 2.90 bits per heavy atom. The van der Waals surface area contributed by atoms with E-state index in [1.54, 1.807) is 12.1 Å². The topological polar surface area (TPSA) is 91.3 Å². The predicted octanol–water partition coefficient (Wildman–Crippen LogP) is -0.319. The summed E-state index contributed by atoms with van der Waals surface area (Å²) in [5.41, 5.74) is 0.546. The molecule has 0 unspecified atom stereocenters. The van der Waals surface area contributed by atoms with Gasteiger partial charge in [0, 0.05) is 12.7 Å². The fourth-order valence-corrected chi connectivity index (χ4v) is 1.39. The minimum absolute atomic E-state index is 0.109. The Bertz CT molecular complexity index is 532. The number of pyridine rings is 1. The van der Waals surface area contributed by atoms with Crippen molar-refractivity contribution in [3.63, 3.8) is 0 Å². The Hall–Kier alpha value is -2.39. The van der Waals surface area contributed by atoms with Crippen LogP contribution < -0.4 is 10.6 Å². The van der Waals surface area contributed by atoms with E-state index in [2.05, 4.69) is 27.5 Å². The molecule has 3 N–H and O–H groups in total. The lowest BCUT2D eigenvalue weighted by molar-refractivity contribution is -0.120. The van der Waals surface area contributed by atoms with Crippen molar-refractivity contribution in [3.8, 4) is 11.8 Å². The molecule has 0 aliphatic heterocycles. The molecule has 1 aromatic rings. The summed E-state index contributed by atoms with van der Waals surface area (Å²) < 4.78 is 0. The van der Waals surface area contributed by atoms with Gasteiger partial charge in [-0.15, -0.1) is 0 Å². The number of hydrogen-bond donors (Lipinski definition) is 3. The lowest BCUT2D eigenvalue weighted by atomic mass is 10.2. The highest BCUT2D eigenvalue weighted by atomic mass is 16.2. The fraction of sp³-hybridized carbons (Fsp3) is 0.357. The number of nitrogens with zero attached hydrogens (tertiary/aromatic N) is 1. The second-order valence-corrected chi connectivity index (χ2v) is 3.89. The molecule has 0 aliphatic carbocycles. The van der Waals surface area contributed by atoms with E-state index in [9.17, 15) is 9.59 Å². The average Bonchev–Trinajstić information content (AvgIpc) is 2.48. The van der Waals surface area contributed by atoms with E-state index in [4.69, 9.17) is 5.11 Å². The highest BCUT2D eigenvalue weighted by Gasteiger charge is 2.12. The Labute approximate surface area is 117 Å². The molecule has 1 aromatic heterocycles. The quantitative estimate of drug-likeness (QED) is 0.642. The van der Waals surface area contributed by atoms with Gasteiger partial charge in [-0.1, -0.05) is 18.8 Å². The Balaban J connectivity index is 2.66. The normalized spacial score (nSPS) is 9.30. The van der Waals surface area contributed by atoms with Crippen LogP contribution in [0.4, 0.5) is 0 Å². The number of carbonyl (C=O) groups is 2. The minimum atomic E-state index is -0.473. The van der Waals surface area contributed by atoms with Gasteiger partial charge < -0.3 is 15.7 Å². The van der Waals surface area contributed by atoms with Gasteiger partial charge in [0.25, 0.3) is 5.91 Å². The molecular formula is C14H17N3O3. The van der Waals surface area contributed by atoms with Crippen LogP contribution in [0.2, 0.25) is 0 Å². The van der Waals surface area contributed by atoms with Crippen LogP contribution in [-0.2, 0) is 4.79 Å². The molecule has 0 aliphatic rings. The van der Waals surface area contributed by atoms with Gasteiger partial charge in [0.15, 0.2) is 0 Å². The van der Waals surface area contributed by atoms with E-state index in [0.29, 0.717) is 12.1 Å². The molecular weight excluding hydrogens is 258 g/mol. The lowest BCUT2D eigenvalue weighted by Crippen LogP contribution is -2.37. The van der Waals surface area contributed by atoms with E-state index in [-0.39, 0.29) is 24.8 Å². The van der Waals surface area contributed by atoms with E-state index in [1.807, 2.05) is 6.92 Å². The fourth-order valence-electron chi connectivity index (χ4n) is 1.39. The summed E-state index contributed by atoms with van der Waals surface area (Å²) in [4.78, 5) is 27.3. The number of rotatable bonds is 5. The van der Waals surface area contributed by atoms with Crippen molar-refractivity contribution in [2.45, 2.75) is 13.3 Å². The number of aliphatic hydroxyl groups excluding tert-OH is 1. The second kappa shape index (κ2) is 8.67. The third kappa shape index (κ3) is 5.08. The maximum Gasteiger partial charge on any atom is 0.271 e. The summed E-state index contributed by atoms with van der Waals surface area (Å²) in [5, 5.41) is 13.8. The van der Waals surface area contributed by atoms with Gasteiger partial charge in [0.1, 0.15) is 12.3 Å². The zero-order valence-electron chi connectivity index (χ0n) is 11.3. The van der Waals surface area contributed by atoms with Gasteiger partial charge in [-0.3, -0.25) is 9.59 Å². The van der Waals surface area contributed by atoms with Gasteiger partial charge in [0.05, 0.1) is 12.1 Å². The van der Waals surface area contributed by atoms with Gasteiger partial charge >= 0.3 is 0 Å². The number of carbonyl (C=O) groups excluding carboxylic acids is 2. The van der Waals surface area contributed by atoms with Crippen molar-refractivity contribution in [1.82, 2.24) is 15.6 Å². The monoisotopic (exact) mass is 275 g/mol. The highest BCUT2D eigenvalue weighted by Crippen LogP contribution is 2.03. The molecule has 0 bridgehead atoms. The molecule has 20 heavy (non-hydrogen) atoms. The maximum absolute atomic E-state index is 11.9. The molecule has 0 fully saturated rings. The number of nitrogens with one attached hydrogen (secondary N) is 2. The molecule has 0 aromatic carbocycles. The minimum Gasteiger partial charge on any atom is -0.384 e. The third-order valence-electron chi connectivity index (χ3n) is 2.31. The Kier molecular flexibility index (Phi) is 6.79. The smallest absolute Gasteiger partial charge is 0.271 e. The van der Waals surface area contributed by atoms with Gasteiger partial charge in [0.2, 0.25) is 5.91 Å². The predicted molar refractivity (Wildman–Crippen MR) is 73.8 cm³/mol. The summed E-state index contributed by atoms with van der Waals surface area (Å²) in [7, 11) is 0. The van der Waals surface area contributed by atoms with Crippen LogP contribution in [0.1, 0.15) is 29.4 Å². The molecule has 0 saturated carbocycles. The molecule has 6 nitrogen and oxygen atoms in total. The molecule has 0 radical (unpaired) electrons. The highest BCUT2D eigenvalue weighted by molar-refractivity contribution is 5.96. The first-order chi connectivity index (χ1) is 9.69. The molecule has 2 amide bonds. The standard InChI is InChI=1S/C14H17N3O3/c1-2-7-15-12(19)10-17-14(20)13-11(6-4-9-18)5-3-8-16-13/h3,5,8,18H,2,7,9-10H2,1H3,(H,15,19)(H,17,20). The molecule has 1 rings (SSSR count). The van der Waals surface area contributed by atoms with Crippen LogP contribution in [0.5, 0.6) is 0 Å². The zero-order valence-corrected chi connectivity index (χ0v) is 11.3. The van der Waals surface area contributed by atoms with Crippen molar-refractivity contribution in [3.05, 3.63) is 29.6 Å². The number of amides is 2. The van der Waals surface area contributed by atoms with Crippen molar-refractivity contribution in [2.24, 2.45) is 0 Å². The molecule has 1 heterocycles. The van der Waals surface area contributed by atoms with Crippen LogP contribution in [0, 0.1) is 11.8 Å². The summed E-state index contributed by atoms with van der Waals surface area (Å²) in [6, 6.07) is 3.27. The summed E-state index contributed by atoms with van der Waals surface area (Å²) in [5.74, 6) is 4.38. The largest absolute Gasteiger partial charge is 0.384 e. The third-order valence-corrected chi connectivity index (χ3v) is 2.31. The number of aromatic nitrogens is 1. The van der Waals surface area contributed by atoms with Gasteiger partial charge in [-0.25, -0.2) is 4.98 Å². The van der Waals surface area contributed by atoms with Gasteiger partial charge in [-0.05, 0) is 18.6 Å². The Morgan fingerprint density at radius 2 is 2.20 bits per heavy atom. The van der Waals surface area contributed by atoms with E-state index in [1.165, 1.54) is 6.20 Å². The maximum atomic E-state index is 11.9. The average molecular weight is 275 g/mol. The molecule has 6 heteroatoms. The lowest BCUT2D eigenvalue weighted by Gasteiger charge is -2.06. The van der Waals surface area contributed by atoms with Gasteiger partial charge in [-0.2, -0.15) is 0 Å². The van der Waals surface area contributed by atoms with Crippen molar-refractivity contribution in [1.29, 1.82) is 0 Å². The summed E-state index contributed by atoms with van der Waals surface area (Å²) in [6.45, 7) is 2.11. The second-order valence-electron chi connectivity index (χ2n) is 3.89. The number of aliphatic hydroxyl groups is 1. The molecule has 0 spiro atoms. The van der Waals surface area contributed by atoms with Crippen molar-refractivity contribution < 1.29 is 14.7 Å². The molecule has 106 valence electrons. The van der Waals surface area contributed by atoms with E-state index < -0.39 is 5.91 Å². The zero-order chi connectivity index (χ0) is 14.8. The Morgan fingerprint density at radius 1 is 1.40 bits per heavy atom. The summed E-state index contributed by atoms with van der Waals surface area (Å²) in [6.07, 6.45) is 2.30. The van der Waals surface area contributed by atoms with Crippen LogP contribution in [0.15, 0.2) is 18.3 Å². The first-order valence-corrected chi connectivity index (χ1v) is 6.28.